The molecule has 1 atom stereocenters. The number of aryl methyl sites for hydroxylation is 1. The highest BCUT2D eigenvalue weighted by Crippen LogP contribution is 2.49. The van der Waals surface area contributed by atoms with E-state index >= 15 is 0 Å². The fourth-order valence-corrected chi connectivity index (χ4v) is 8.08. The first-order chi connectivity index (χ1) is 19.5. The molecule has 3 aromatic rings. The summed E-state index contributed by atoms with van der Waals surface area (Å²) in [5, 5.41) is 2.82. The third kappa shape index (κ3) is 5.40. The highest BCUT2D eigenvalue weighted by Gasteiger charge is 2.41. The van der Waals surface area contributed by atoms with Crippen LogP contribution in [-0.4, -0.2) is 45.7 Å². The summed E-state index contributed by atoms with van der Waals surface area (Å²) in [6.45, 7) is 6.00. The molecule has 0 radical (unpaired) electrons. The number of rotatable bonds is 9. The number of likely N-dealkylation sites (N-methyl/N-ethyl adjacent to an activating group) is 1. The second kappa shape index (κ2) is 11.0. The summed E-state index contributed by atoms with van der Waals surface area (Å²) >= 11 is 1.49. The Morgan fingerprint density at radius 1 is 1.10 bits per heavy atom. The van der Waals surface area contributed by atoms with E-state index in [0.29, 0.717) is 53.1 Å². The average Bonchev–Trinajstić information content (AvgIpc) is 3.63. The fraction of sp³-hybridized carbons (Fsp3) is 0.400. The third-order valence-electron chi connectivity index (χ3n) is 7.70. The van der Waals surface area contributed by atoms with Crippen LogP contribution in [-0.2, 0) is 24.4 Å². The predicted octanol–water partition coefficient (Wildman–Crippen LogP) is 5.81. The molecule has 1 N–H and O–H groups in total. The van der Waals surface area contributed by atoms with Crippen molar-refractivity contribution in [2.45, 2.75) is 63.3 Å². The van der Waals surface area contributed by atoms with Crippen LogP contribution in [0.2, 0.25) is 0 Å². The van der Waals surface area contributed by atoms with Crippen molar-refractivity contribution in [3.63, 3.8) is 0 Å². The Morgan fingerprint density at radius 2 is 1.80 bits per heavy atom. The van der Waals surface area contributed by atoms with E-state index in [4.69, 9.17) is 13.7 Å². The zero-order valence-electron chi connectivity index (χ0n) is 23.7. The fourth-order valence-electron chi connectivity index (χ4n) is 5.73. The Labute approximate surface area is 244 Å². The summed E-state index contributed by atoms with van der Waals surface area (Å²) in [5.74, 6) is 0.376. The van der Waals surface area contributed by atoms with Crippen LogP contribution in [0.25, 0.3) is 11.1 Å². The van der Waals surface area contributed by atoms with Gasteiger partial charge >= 0.3 is 10.1 Å². The van der Waals surface area contributed by atoms with Gasteiger partial charge < -0.3 is 23.9 Å². The van der Waals surface area contributed by atoms with Gasteiger partial charge in [0.05, 0.1) is 28.6 Å². The molecule has 11 heteroatoms. The Kier molecular flexibility index (Phi) is 7.78. The number of carbonyl (C=O) groups excluding carboxylic acids is 2. The lowest BCUT2D eigenvalue weighted by atomic mass is 9.88. The van der Waals surface area contributed by atoms with Crippen molar-refractivity contribution in [1.82, 2.24) is 0 Å². The van der Waals surface area contributed by atoms with Crippen molar-refractivity contribution in [3.8, 4) is 22.6 Å². The van der Waals surface area contributed by atoms with Gasteiger partial charge in [0.15, 0.2) is 6.10 Å². The average molecular weight is 599 g/mol. The predicted molar refractivity (Wildman–Crippen MR) is 159 cm³/mol. The van der Waals surface area contributed by atoms with Crippen molar-refractivity contribution in [1.29, 1.82) is 0 Å². The second-order valence-corrected chi connectivity index (χ2v) is 14.1. The lowest BCUT2D eigenvalue weighted by Crippen LogP contribution is -2.52. The Balaban J connectivity index is 1.69. The number of anilines is 2. The maximum absolute atomic E-state index is 13.4. The first kappa shape index (κ1) is 28.9. The van der Waals surface area contributed by atoms with E-state index in [9.17, 15) is 18.0 Å². The molecule has 1 fully saturated rings. The monoisotopic (exact) mass is 598 g/mol. The van der Waals surface area contributed by atoms with E-state index in [2.05, 4.69) is 5.32 Å². The Hall–Kier alpha value is -3.57. The first-order valence-electron chi connectivity index (χ1n) is 13.5. The molecule has 2 aromatic carbocycles. The maximum atomic E-state index is 13.4. The number of thiophene rings is 1. The summed E-state index contributed by atoms with van der Waals surface area (Å²) in [6, 6.07) is 12.5. The molecule has 1 unspecified atom stereocenters. The number of nitrogens with one attached hydrogen (secondary N) is 1. The first-order valence-corrected chi connectivity index (χ1v) is 15.8. The van der Waals surface area contributed by atoms with E-state index in [1.807, 2.05) is 45.0 Å². The molecule has 2 aliphatic rings. The number of carbonyl (C=O) groups is 2. The normalized spacial score (nSPS) is 17.5. The number of fused-ring (bicyclic) bond motifs is 1. The second-order valence-electron chi connectivity index (χ2n) is 10.9. The van der Waals surface area contributed by atoms with Crippen molar-refractivity contribution >= 4 is 45.2 Å². The van der Waals surface area contributed by atoms with Crippen molar-refractivity contribution < 1.29 is 31.7 Å². The van der Waals surface area contributed by atoms with E-state index in [1.54, 1.807) is 30.1 Å². The van der Waals surface area contributed by atoms with Gasteiger partial charge in [0.25, 0.3) is 12.4 Å². The molecule has 0 spiro atoms. The number of nitrogens with zero attached hydrogens (tertiary/aromatic N) is 1. The van der Waals surface area contributed by atoms with Gasteiger partial charge in [-0.05, 0) is 69.5 Å². The van der Waals surface area contributed by atoms with Gasteiger partial charge in [-0.15, -0.1) is 11.3 Å². The lowest BCUT2D eigenvalue weighted by Gasteiger charge is -2.40. The van der Waals surface area contributed by atoms with Crippen molar-refractivity contribution in [3.05, 3.63) is 57.8 Å². The lowest BCUT2D eigenvalue weighted by molar-refractivity contribution is -0.131. The van der Waals surface area contributed by atoms with Gasteiger partial charge in [-0.3, -0.25) is 9.59 Å². The van der Waals surface area contributed by atoms with Crippen LogP contribution in [0.3, 0.4) is 0 Å². The van der Waals surface area contributed by atoms with Crippen LogP contribution in [0, 0.1) is 6.92 Å². The zero-order chi connectivity index (χ0) is 29.5. The van der Waals surface area contributed by atoms with E-state index in [0.717, 1.165) is 22.6 Å². The summed E-state index contributed by atoms with van der Waals surface area (Å²) in [4.78, 5) is 28.6. The van der Waals surface area contributed by atoms with Gasteiger partial charge in [0, 0.05) is 29.1 Å². The number of amides is 1. The number of methoxy groups -OCH3 is 1. The molecule has 41 heavy (non-hydrogen) atoms. The third-order valence-corrected chi connectivity index (χ3v) is 10.5. The minimum absolute atomic E-state index is 0.150. The summed E-state index contributed by atoms with van der Waals surface area (Å²) in [7, 11) is -0.581. The number of benzene rings is 2. The Bertz CT molecular complexity index is 1590. The number of hydrogen-bond donors (Lipinski definition) is 1. The van der Waals surface area contributed by atoms with Crippen LogP contribution >= 0.6 is 11.3 Å². The summed E-state index contributed by atoms with van der Waals surface area (Å²) < 4.78 is 42.7. The minimum atomic E-state index is -3.78. The minimum Gasteiger partial charge on any atom is -0.496 e. The van der Waals surface area contributed by atoms with Crippen LogP contribution in [0.15, 0.2) is 42.5 Å². The van der Waals surface area contributed by atoms with E-state index in [-0.39, 0.29) is 11.7 Å². The van der Waals surface area contributed by atoms with E-state index in [1.165, 1.54) is 18.4 Å². The molecule has 1 aliphatic heterocycles. The molecule has 1 aliphatic carbocycles. The molecule has 0 saturated heterocycles. The molecule has 1 aromatic heterocycles. The van der Waals surface area contributed by atoms with Gasteiger partial charge in [-0.2, -0.15) is 8.42 Å². The molecule has 5 rings (SSSR count). The zero-order valence-corrected chi connectivity index (χ0v) is 25.4. The van der Waals surface area contributed by atoms with Crippen LogP contribution in [0.1, 0.15) is 61.0 Å². The molecular formula is C30H34N2O7S2. The quantitative estimate of drug-likeness (QED) is 0.243. The number of hydrogen-bond acceptors (Lipinski definition) is 9. The SMILES string of the molecule is COc1cc(OS(=O)(=O)C2CCCC2)ccc1-c1ccc2c(c1C(OC=O)c1ccc(C)s1)N(C)C(=O)C(C)(C)N2. The number of ether oxygens (including phenoxy) is 2. The van der Waals surface area contributed by atoms with Gasteiger partial charge in [-0.1, -0.05) is 18.9 Å². The molecular weight excluding hydrogens is 564 g/mol. The largest absolute Gasteiger partial charge is 0.496 e. The van der Waals surface area contributed by atoms with Gasteiger partial charge in [0.2, 0.25) is 0 Å². The molecule has 1 saturated carbocycles. The molecule has 2 heterocycles. The smallest absolute Gasteiger partial charge is 0.312 e. The molecule has 0 bridgehead atoms. The van der Waals surface area contributed by atoms with Crippen molar-refractivity contribution in [2.75, 3.05) is 24.4 Å². The van der Waals surface area contributed by atoms with Crippen LogP contribution in [0.5, 0.6) is 11.5 Å². The molecule has 218 valence electrons. The highest BCUT2D eigenvalue weighted by molar-refractivity contribution is 7.87. The molecule has 9 nitrogen and oxygen atoms in total. The van der Waals surface area contributed by atoms with E-state index < -0.39 is 27.0 Å². The van der Waals surface area contributed by atoms with Crippen LogP contribution in [0.4, 0.5) is 11.4 Å². The summed E-state index contributed by atoms with van der Waals surface area (Å²) in [5.41, 5.74) is 2.32. The molecule has 1 amide bonds. The van der Waals surface area contributed by atoms with Crippen molar-refractivity contribution in [2.24, 2.45) is 0 Å². The highest BCUT2D eigenvalue weighted by atomic mass is 32.2. The standard InChI is InChI=1S/C30H34N2O7S2/c1-18-10-15-25(40-18)28(38-17-33)26-22(13-14-23-27(26)32(4)29(34)30(2,3)31-23)21-12-11-19(16-24(21)37-5)39-41(35,36)20-8-6-7-9-20/h10-17,20,28,31H,6-9H2,1-5H3. The summed E-state index contributed by atoms with van der Waals surface area (Å²) in [6.07, 6.45) is 2.10. The maximum Gasteiger partial charge on any atom is 0.312 e. The van der Waals surface area contributed by atoms with Gasteiger partial charge in [-0.25, -0.2) is 0 Å². The topological polar surface area (TPSA) is 111 Å². The van der Waals surface area contributed by atoms with Gasteiger partial charge in [0.1, 0.15) is 17.0 Å². The Morgan fingerprint density at radius 3 is 2.44 bits per heavy atom. The van der Waals surface area contributed by atoms with Crippen LogP contribution < -0.4 is 19.1 Å².